The van der Waals surface area contributed by atoms with E-state index in [9.17, 15) is 0 Å². The van der Waals surface area contributed by atoms with E-state index in [0.717, 1.165) is 12.1 Å². The molecule has 0 spiro atoms. The van der Waals surface area contributed by atoms with Gasteiger partial charge in [-0.15, -0.1) is 0 Å². The molecular formula is C6H11N3O. The number of rotatable bonds is 3. The first kappa shape index (κ1) is 7.24. The van der Waals surface area contributed by atoms with Crippen LogP contribution in [0, 0.1) is 0 Å². The molecule has 0 unspecified atom stereocenters. The molecule has 0 saturated heterocycles. The van der Waals surface area contributed by atoms with E-state index >= 15 is 0 Å². The van der Waals surface area contributed by atoms with Crippen LogP contribution in [0.1, 0.15) is 5.69 Å². The first-order chi connectivity index (χ1) is 4.84. The Bertz CT molecular complexity index is 197. The van der Waals surface area contributed by atoms with Crippen molar-refractivity contribution in [3.63, 3.8) is 0 Å². The topological polar surface area (TPSA) is 53.1 Å². The van der Waals surface area contributed by atoms with Crippen LogP contribution in [0.4, 0.5) is 0 Å². The molecule has 4 nitrogen and oxygen atoms in total. The van der Waals surface area contributed by atoms with Crippen molar-refractivity contribution >= 4 is 0 Å². The molecule has 0 amide bonds. The monoisotopic (exact) mass is 141 g/mol. The Kier molecular flexibility index (Phi) is 2.42. The summed E-state index contributed by atoms with van der Waals surface area (Å²) in [6.07, 6.45) is 4.37. The highest BCUT2D eigenvalue weighted by Gasteiger charge is 1.95. The number of imidazole rings is 1. The van der Waals surface area contributed by atoms with Gasteiger partial charge in [0.1, 0.15) is 0 Å². The average molecular weight is 141 g/mol. The van der Waals surface area contributed by atoms with Crippen LogP contribution in [-0.2, 0) is 18.3 Å². The quantitative estimate of drug-likeness (QED) is 0.596. The molecule has 0 bridgehead atoms. The maximum Gasteiger partial charge on any atom is 0.0945 e. The van der Waals surface area contributed by atoms with Gasteiger partial charge in [-0.1, -0.05) is 0 Å². The molecule has 0 saturated carbocycles. The van der Waals surface area contributed by atoms with Gasteiger partial charge in [0.2, 0.25) is 0 Å². The normalized spacial score (nSPS) is 10.2. The summed E-state index contributed by atoms with van der Waals surface area (Å²) in [5, 5.41) is 0. The van der Waals surface area contributed by atoms with Gasteiger partial charge in [0, 0.05) is 25.4 Å². The zero-order valence-electron chi connectivity index (χ0n) is 5.95. The molecule has 1 aromatic rings. The van der Waals surface area contributed by atoms with Gasteiger partial charge in [0.15, 0.2) is 0 Å². The lowest BCUT2D eigenvalue weighted by Crippen LogP contribution is -2.06. The second-order valence-electron chi connectivity index (χ2n) is 2.12. The predicted molar refractivity (Wildman–Crippen MR) is 37.1 cm³/mol. The lowest BCUT2D eigenvalue weighted by molar-refractivity contribution is 0.140. The van der Waals surface area contributed by atoms with E-state index in [0.29, 0.717) is 6.61 Å². The van der Waals surface area contributed by atoms with Crippen molar-refractivity contribution in [2.45, 2.75) is 6.42 Å². The molecule has 0 fully saturated rings. The summed E-state index contributed by atoms with van der Waals surface area (Å²) < 4.78 is 1.94. The van der Waals surface area contributed by atoms with Gasteiger partial charge >= 0.3 is 0 Å². The number of hydrogen-bond acceptors (Lipinski definition) is 3. The third-order valence-corrected chi connectivity index (χ3v) is 1.39. The summed E-state index contributed by atoms with van der Waals surface area (Å²) in [6.45, 7) is 0.541. The third kappa shape index (κ3) is 1.55. The van der Waals surface area contributed by atoms with E-state index in [1.807, 2.05) is 11.6 Å². The zero-order valence-corrected chi connectivity index (χ0v) is 5.95. The van der Waals surface area contributed by atoms with Crippen molar-refractivity contribution in [3.8, 4) is 0 Å². The highest BCUT2D eigenvalue weighted by atomic mass is 16.6. The van der Waals surface area contributed by atoms with Crippen molar-refractivity contribution in [2.24, 2.45) is 12.9 Å². The van der Waals surface area contributed by atoms with Crippen molar-refractivity contribution in [3.05, 3.63) is 18.2 Å². The molecule has 4 heteroatoms. The molecule has 0 aromatic carbocycles. The van der Waals surface area contributed by atoms with Crippen LogP contribution in [0.5, 0.6) is 0 Å². The van der Waals surface area contributed by atoms with Crippen LogP contribution in [0.3, 0.4) is 0 Å². The Morgan fingerprint density at radius 1 is 1.80 bits per heavy atom. The van der Waals surface area contributed by atoms with Gasteiger partial charge in [-0.05, 0) is 0 Å². The van der Waals surface area contributed by atoms with E-state index in [1.165, 1.54) is 0 Å². The first-order valence-corrected chi connectivity index (χ1v) is 3.11. The van der Waals surface area contributed by atoms with Gasteiger partial charge in [0.25, 0.3) is 0 Å². The SMILES string of the molecule is Cn1cncc1CCON. The molecular weight excluding hydrogens is 130 g/mol. The molecule has 1 aromatic heterocycles. The van der Waals surface area contributed by atoms with Crippen LogP contribution >= 0.6 is 0 Å². The largest absolute Gasteiger partial charge is 0.338 e. The van der Waals surface area contributed by atoms with E-state index in [4.69, 9.17) is 5.90 Å². The lowest BCUT2D eigenvalue weighted by atomic mass is 10.3. The number of nitrogens with zero attached hydrogens (tertiary/aromatic N) is 2. The van der Waals surface area contributed by atoms with Crippen molar-refractivity contribution in [2.75, 3.05) is 6.61 Å². The van der Waals surface area contributed by atoms with Crippen LogP contribution in [0.15, 0.2) is 12.5 Å². The zero-order chi connectivity index (χ0) is 7.40. The van der Waals surface area contributed by atoms with Crippen LogP contribution in [0.2, 0.25) is 0 Å². The second-order valence-corrected chi connectivity index (χ2v) is 2.12. The molecule has 0 aliphatic carbocycles. The lowest BCUT2D eigenvalue weighted by Gasteiger charge is -1.98. The summed E-state index contributed by atoms with van der Waals surface area (Å²) in [5.74, 6) is 4.87. The van der Waals surface area contributed by atoms with Gasteiger partial charge < -0.3 is 9.40 Å². The average Bonchev–Trinajstić information content (AvgIpc) is 2.31. The van der Waals surface area contributed by atoms with Gasteiger partial charge in [-0.2, -0.15) is 0 Å². The summed E-state index contributed by atoms with van der Waals surface area (Å²) >= 11 is 0. The van der Waals surface area contributed by atoms with E-state index in [-0.39, 0.29) is 0 Å². The predicted octanol–water partition coefficient (Wildman–Crippen LogP) is -0.147. The molecule has 0 aliphatic heterocycles. The van der Waals surface area contributed by atoms with Crippen molar-refractivity contribution in [1.29, 1.82) is 0 Å². The fourth-order valence-electron chi connectivity index (χ4n) is 0.789. The molecule has 0 radical (unpaired) electrons. The number of aryl methyl sites for hydroxylation is 1. The fraction of sp³-hybridized carbons (Fsp3) is 0.500. The van der Waals surface area contributed by atoms with Crippen LogP contribution in [-0.4, -0.2) is 16.2 Å². The van der Waals surface area contributed by atoms with Crippen LogP contribution in [0.25, 0.3) is 0 Å². The van der Waals surface area contributed by atoms with Crippen molar-refractivity contribution in [1.82, 2.24) is 9.55 Å². The molecule has 2 N–H and O–H groups in total. The molecule has 0 atom stereocenters. The number of hydrogen-bond donors (Lipinski definition) is 1. The Labute approximate surface area is 59.6 Å². The molecule has 10 heavy (non-hydrogen) atoms. The summed E-state index contributed by atoms with van der Waals surface area (Å²) in [6, 6.07) is 0. The maximum absolute atomic E-state index is 4.87. The third-order valence-electron chi connectivity index (χ3n) is 1.39. The minimum atomic E-state index is 0.541. The van der Waals surface area contributed by atoms with E-state index in [2.05, 4.69) is 9.82 Å². The van der Waals surface area contributed by atoms with E-state index < -0.39 is 0 Å². The smallest absolute Gasteiger partial charge is 0.0945 e. The molecule has 1 heterocycles. The van der Waals surface area contributed by atoms with Crippen molar-refractivity contribution < 1.29 is 4.84 Å². The Balaban J connectivity index is 2.49. The van der Waals surface area contributed by atoms with E-state index in [1.54, 1.807) is 12.5 Å². The van der Waals surface area contributed by atoms with Gasteiger partial charge in [-0.25, -0.2) is 10.9 Å². The molecule has 0 aliphatic rings. The highest BCUT2D eigenvalue weighted by molar-refractivity contribution is 4.97. The van der Waals surface area contributed by atoms with Gasteiger partial charge in [0.05, 0.1) is 12.9 Å². The number of nitrogens with two attached hydrogens (primary N) is 1. The van der Waals surface area contributed by atoms with Gasteiger partial charge in [-0.3, -0.25) is 0 Å². The molecule has 1 rings (SSSR count). The maximum atomic E-state index is 4.87. The first-order valence-electron chi connectivity index (χ1n) is 3.11. The highest BCUT2D eigenvalue weighted by Crippen LogP contribution is 1.96. The Hall–Kier alpha value is -0.870. The Morgan fingerprint density at radius 2 is 2.60 bits per heavy atom. The summed E-state index contributed by atoms with van der Waals surface area (Å²) in [5.41, 5.74) is 1.13. The second kappa shape index (κ2) is 3.34. The van der Waals surface area contributed by atoms with Crippen LogP contribution < -0.4 is 5.90 Å². The minimum absolute atomic E-state index is 0.541. The summed E-state index contributed by atoms with van der Waals surface area (Å²) in [4.78, 5) is 8.37. The molecule has 56 valence electrons. The summed E-state index contributed by atoms with van der Waals surface area (Å²) in [7, 11) is 1.94. The minimum Gasteiger partial charge on any atom is -0.338 e. The standard InChI is InChI=1S/C6H11N3O/c1-9-5-8-4-6(9)2-3-10-7/h4-5H,2-3,7H2,1H3. The Morgan fingerprint density at radius 3 is 3.10 bits per heavy atom. The number of aromatic nitrogens is 2. The fourth-order valence-corrected chi connectivity index (χ4v) is 0.789.